The van der Waals surface area contributed by atoms with Gasteiger partial charge >= 0.3 is 0 Å². The number of hydrogen-bond acceptors (Lipinski definition) is 6. The summed E-state index contributed by atoms with van der Waals surface area (Å²) >= 11 is 0. The Balaban J connectivity index is 1.27. The van der Waals surface area contributed by atoms with Crippen molar-refractivity contribution in [3.05, 3.63) is 70.1 Å². The van der Waals surface area contributed by atoms with E-state index in [9.17, 15) is 13.2 Å². The first-order valence-electron chi connectivity index (χ1n) is 10.5. The lowest BCUT2D eigenvalue weighted by atomic mass is 9.93. The van der Waals surface area contributed by atoms with Crippen LogP contribution in [0.4, 0.5) is 5.69 Å². The van der Waals surface area contributed by atoms with E-state index in [1.54, 1.807) is 24.5 Å². The molecular formula is C23H25N3O4S. The molecule has 0 radical (unpaired) electrons. The second kappa shape index (κ2) is 7.78. The number of anilines is 1. The van der Waals surface area contributed by atoms with Crippen LogP contribution in [0.3, 0.4) is 0 Å². The maximum Gasteiger partial charge on any atom is 0.244 e. The van der Waals surface area contributed by atoms with Crippen molar-refractivity contribution in [1.29, 1.82) is 0 Å². The normalized spacial score (nSPS) is 21.5. The number of hydrogen-bond donors (Lipinski definition) is 2. The number of piperidine rings is 1. The molecule has 2 N–H and O–H groups in total. The molecule has 5 rings (SSSR count). The van der Waals surface area contributed by atoms with Crippen LogP contribution in [0.1, 0.15) is 24.0 Å². The summed E-state index contributed by atoms with van der Waals surface area (Å²) in [6.45, 7) is 4.07. The van der Waals surface area contributed by atoms with Gasteiger partial charge in [-0.3, -0.25) is 9.69 Å². The zero-order chi connectivity index (χ0) is 21.6. The highest BCUT2D eigenvalue weighted by Gasteiger charge is 2.35. The van der Waals surface area contributed by atoms with Gasteiger partial charge in [0.15, 0.2) is 5.43 Å². The van der Waals surface area contributed by atoms with Crippen LogP contribution in [0.2, 0.25) is 0 Å². The highest BCUT2D eigenvalue weighted by Crippen LogP contribution is 2.31. The smallest absolute Gasteiger partial charge is 0.244 e. The molecule has 162 valence electrons. The third-order valence-electron chi connectivity index (χ3n) is 6.27. The van der Waals surface area contributed by atoms with Gasteiger partial charge in [-0.05, 0) is 63.0 Å². The van der Waals surface area contributed by atoms with Crippen molar-refractivity contribution >= 4 is 26.7 Å². The van der Waals surface area contributed by atoms with Crippen LogP contribution in [0.5, 0.6) is 0 Å². The minimum atomic E-state index is -3.51. The predicted octanol–water partition coefficient (Wildman–Crippen LogP) is 3.04. The Kier molecular flexibility index (Phi) is 5.08. The quantitative estimate of drug-likeness (QED) is 0.652. The Labute approximate surface area is 181 Å². The maximum absolute atomic E-state index is 12.9. The topological polar surface area (TPSA) is 91.7 Å². The zero-order valence-corrected chi connectivity index (χ0v) is 18.1. The Bertz CT molecular complexity index is 1290. The summed E-state index contributed by atoms with van der Waals surface area (Å²) < 4.78 is 33.7. The first-order valence-corrected chi connectivity index (χ1v) is 12.0. The molecule has 1 aromatic heterocycles. The molecular weight excluding hydrogens is 414 g/mol. The van der Waals surface area contributed by atoms with Crippen molar-refractivity contribution in [2.75, 3.05) is 18.4 Å². The van der Waals surface area contributed by atoms with Gasteiger partial charge in [-0.25, -0.2) is 8.42 Å². The lowest BCUT2D eigenvalue weighted by molar-refractivity contribution is 0.162. The summed E-state index contributed by atoms with van der Waals surface area (Å²) in [5.41, 5.74) is 2.96. The number of rotatable bonds is 3. The fourth-order valence-electron chi connectivity index (χ4n) is 4.54. The molecule has 1 unspecified atom stereocenters. The minimum Gasteiger partial charge on any atom is -0.464 e. The number of benzene rings is 2. The molecule has 31 heavy (non-hydrogen) atoms. The average Bonchev–Trinajstić information content (AvgIpc) is 2.76. The predicted molar refractivity (Wildman–Crippen MR) is 119 cm³/mol. The second-order valence-corrected chi connectivity index (χ2v) is 10.1. The number of nitrogens with one attached hydrogen (secondary N) is 2. The maximum atomic E-state index is 12.9. The van der Waals surface area contributed by atoms with Gasteiger partial charge in [0.1, 0.15) is 10.5 Å². The third-order valence-corrected chi connectivity index (χ3v) is 7.77. The van der Waals surface area contributed by atoms with Gasteiger partial charge < -0.3 is 9.73 Å². The van der Waals surface area contributed by atoms with Crippen LogP contribution in [0.25, 0.3) is 11.0 Å². The van der Waals surface area contributed by atoms with Crippen molar-refractivity contribution in [3.8, 4) is 0 Å². The lowest BCUT2D eigenvalue weighted by Crippen LogP contribution is -2.51. The van der Waals surface area contributed by atoms with E-state index in [1.165, 1.54) is 0 Å². The standard InChI is InChI=1S/C23H25N3O4S/c1-15-6-7-20-18(12-15)22(27)17(14-30-20)13-26-10-8-16(9-11-26)23-24-19-4-2-3-5-21(19)31(28,29)25-23/h2-7,12,14,16,23-25H,8-11,13H2,1H3. The Morgan fingerprint density at radius 3 is 2.71 bits per heavy atom. The summed E-state index contributed by atoms with van der Waals surface area (Å²) in [6.07, 6.45) is 2.91. The highest BCUT2D eigenvalue weighted by molar-refractivity contribution is 7.89. The molecule has 3 aromatic rings. The molecule has 1 saturated heterocycles. The molecule has 0 spiro atoms. The van der Waals surface area contributed by atoms with Crippen LogP contribution in [0.15, 0.2) is 62.8 Å². The number of fused-ring (bicyclic) bond motifs is 2. The Hall–Kier alpha value is -2.68. The first-order chi connectivity index (χ1) is 14.9. The Morgan fingerprint density at radius 2 is 1.90 bits per heavy atom. The van der Waals surface area contributed by atoms with Gasteiger partial charge in [0.2, 0.25) is 10.0 Å². The van der Waals surface area contributed by atoms with Gasteiger partial charge in [-0.1, -0.05) is 23.8 Å². The molecule has 0 saturated carbocycles. The fraction of sp³-hybridized carbons (Fsp3) is 0.348. The molecule has 0 bridgehead atoms. The summed E-state index contributed by atoms with van der Waals surface area (Å²) in [4.78, 5) is 15.4. The minimum absolute atomic E-state index is 0.0189. The van der Waals surface area contributed by atoms with E-state index in [1.807, 2.05) is 31.2 Å². The summed E-state index contributed by atoms with van der Waals surface area (Å²) in [5, 5.41) is 3.97. The Morgan fingerprint density at radius 1 is 1.13 bits per heavy atom. The molecule has 0 aliphatic carbocycles. The number of para-hydroxylation sites is 1. The molecule has 2 aliphatic heterocycles. The largest absolute Gasteiger partial charge is 0.464 e. The van der Waals surface area contributed by atoms with E-state index in [0.717, 1.165) is 31.5 Å². The molecule has 1 fully saturated rings. The van der Waals surface area contributed by atoms with Crippen LogP contribution in [0, 0.1) is 12.8 Å². The SMILES string of the molecule is Cc1ccc2occ(CN3CCC(C4Nc5ccccc5S(=O)(=O)N4)CC3)c(=O)c2c1. The molecule has 0 amide bonds. The van der Waals surface area contributed by atoms with Crippen LogP contribution >= 0.6 is 0 Å². The second-order valence-electron chi connectivity index (χ2n) is 8.44. The van der Waals surface area contributed by atoms with E-state index in [0.29, 0.717) is 33.7 Å². The van der Waals surface area contributed by atoms with Crippen molar-refractivity contribution in [2.45, 2.75) is 37.4 Å². The van der Waals surface area contributed by atoms with Crippen molar-refractivity contribution in [3.63, 3.8) is 0 Å². The molecule has 7 nitrogen and oxygen atoms in total. The van der Waals surface area contributed by atoms with Crippen LogP contribution in [-0.4, -0.2) is 32.6 Å². The highest BCUT2D eigenvalue weighted by atomic mass is 32.2. The number of likely N-dealkylation sites (tertiary alicyclic amines) is 1. The summed E-state index contributed by atoms with van der Waals surface area (Å²) in [6, 6.07) is 12.6. The number of sulfonamides is 1. The van der Waals surface area contributed by atoms with E-state index in [2.05, 4.69) is 14.9 Å². The monoisotopic (exact) mass is 439 g/mol. The van der Waals surface area contributed by atoms with Gasteiger partial charge in [0.05, 0.1) is 23.5 Å². The summed E-state index contributed by atoms with van der Waals surface area (Å²) in [5.74, 6) is 0.176. The van der Waals surface area contributed by atoms with Crippen molar-refractivity contribution < 1.29 is 12.8 Å². The van der Waals surface area contributed by atoms with E-state index in [-0.39, 0.29) is 17.5 Å². The van der Waals surface area contributed by atoms with Gasteiger partial charge in [-0.2, -0.15) is 4.72 Å². The van der Waals surface area contributed by atoms with Crippen molar-refractivity contribution in [1.82, 2.24) is 9.62 Å². The lowest BCUT2D eigenvalue weighted by Gasteiger charge is -2.38. The van der Waals surface area contributed by atoms with Crippen LogP contribution < -0.4 is 15.5 Å². The molecule has 8 heteroatoms. The van der Waals surface area contributed by atoms with Crippen LogP contribution in [-0.2, 0) is 16.6 Å². The van der Waals surface area contributed by atoms with Gasteiger partial charge in [-0.15, -0.1) is 0 Å². The first kappa shape index (κ1) is 20.2. The average molecular weight is 440 g/mol. The number of nitrogens with zero attached hydrogens (tertiary/aromatic N) is 1. The van der Waals surface area contributed by atoms with Gasteiger partial charge in [0, 0.05) is 12.1 Å². The molecule has 3 heterocycles. The number of aryl methyl sites for hydroxylation is 1. The fourth-order valence-corrected chi connectivity index (χ4v) is 5.93. The van der Waals surface area contributed by atoms with Crippen molar-refractivity contribution in [2.24, 2.45) is 5.92 Å². The molecule has 2 aliphatic rings. The molecule has 1 atom stereocenters. The molecule has 2 aromatic carbocycles. The summed E-state index contributed by atoms with van der Waals surface area (Å²) in [7, 11) is -3.51. The van der Waals surface area contributed by atoms with Gasteiger partial charge in [0.25, 0.3) is 0 Å². The van der Waals surface area contributed by atoms with E-state index < -0.39 is 10.0 Å². The zero-order valence-electron chi connectivity index (χ0n) is 17.3. The third kappa shape index (κ3) is 3.86. The van der Waals surface area contributed by atoms with E-state index >= 15 is 0 Å². The van der Waals surface area contributed by atoms with E-state index in [4.69, 9.17) is 4.42 Å².